The average molecular weight is 1490 g/mol. The van der Waals surface area contributed by atoms with Crippen LogP contribution in [0.1, 0.15) is 307 Å². The minimum atomic E-state index is -0.349. The van der Waals surface area contributed by atoms with Crippen molar-refractivity contribution in [2.24, 2.45) is 23.7 Å². The number of nitrogens with one attached hydrogen (secondary N) is 4. The van der Waals surface area contributed by atoms with Crippen LogP contribution in [0.25, 0.3) is 20.9 Å². The Morgan fingerprint density at radius 2 is 0.663 bits per heavy atom. The highest BCUT2D eigenvalue weighted by molar-refractivity contribution is 7.19. The first-order valence-electron chi connectivity index (χ1n) is 41.0. The van der Waals surface area contributed by atoms with Crippen LogP contribution in [-0.4, -0.2) is 76.0 Å². The summed E-state index contributed by atoms with van der Waals surface area (Å²) < 4.78 is 11.4. The van der Waals surface area contributed by atoms with E-state index in [1.165, 1.54) is 125 Å². The van der Waals surface area contributed by atoms with Crippen molar-refractivity contribution >= 4 is 68.2 Å². The Bertz CT molecular complexity index is 2670. The maximum atomic E-state index is 11.5. The van der Waals surface area contributed by atoms with Gasteiger partial charge >= 0.3 is 18.1 Å². The van der Waals surface area contributed by atoms with Gasteiger partial charge in [-0.1, -0.05) is 317 Å². The average Bonchev–Trinajstić information content (AvgIpc) is 1.56. The smallest absolute Gasteiger partial charge is 0.322 e. The Kier molecular flexibility index (Phi) is 69.9. The number of hydrogen-bond acceptors (Lipinski definition) is 13. The van der Waals surface area contributed by atoms with E-state index in [0.29, 0.717) is 41.6 Å². The highest BCUT2D eigenvalue weighted by Gasteiger charge is 2.30. The van der Waals surface area contributed by atoms with Crippen molar-refractivity contribution in [2.45, 2.75) is 307 Å². The van der Waals surface area contributed by atoms with Gasteiger partial charge in [0.05, 0.1) is 39.7 Å². The number of carbonyl (C=O) groups is 4. The van der Waals surface area contributed by atoms with Crippen LogP contribution in [0.3, 0.4) is 0 Å². The van der Waals surface area contributed by atoms with E-state index in [2.05, 4.69) is 46.2 Å². The van der Waals surface area contributed by atoms with E-state index in [4.69, 9.17) is 9.47 Å². The standard InChI is InChI=1S/C19H17N5O3S.C18H16N6O3S.2C12H22.12C2H6/c1-20-18(26)23-13-4-7-16(21-10-13)27-14-5-2-12(3-6-14)15-11-22-19(28-15)24-9-8-17(24)25;1-19-16(26)23-12-8-20-17(21-9-12)27-13-4-2-11(3-5-13)14-10-22-18(28-14)24-7-6-15(24)25;2*1-3-7-11(8-4-1)12-9-5-2-6-10-12;12*1-2/h2-7,10-11H,8-9H2,1H3,(H2,20,23,26);2-5,8-10H,6-7H2,1H3,(H2,19,23,26);2*11-12H,1-10H2;12*1-2H3. The zero-order valence-corrected chi connectivity index (χ0v) is 72.0. The van der Waals surface area contributed by atoms with Crippen LogP contribution < -0.4 is 40.5 Å². The molecule has 4 saturated carbocycles. The summed E-state index contributed by atoms with van der Waals surface area (Å²) in [6, 6.07) is 17.9. The fraction of sp³-hybridized carbons (Fsp3) is 0.635. The summed E-state index contributed by atoms with van der Waals surface area (Å²) in [7, 11) is 3.07. The van der Waals surface area contributed by atoms with E-state index in [-0.39, 0.29) is 29.9 Å². The van der Waals surface area contributed by atoms with Crippen molar-refractivity contribution in [3.63, 3.8) is 0 Å². The molecule has 6 aliphatic rings. The number of thiazole rings is 2. The summed E-state index contributed by atoms with van der Waals surface area (Å²) >= 11 is 2.97. The van der Waals surface area contributed by atoms with Crippen LogP contribution in [0.4, 0.5) is 31.2 Å². The van der Waals surface area contributed by atoms with Crippen LogP contribution in [0.2, 0.25) is 0 Å². The van der Waals surface area contributed by atoms with Gasteiger partial charge in [-0.15, -0.1) is 0 Å². The quantitative estimate of drug-likeness (QED) is 0.0848. The van der Waals surface area contributed by atoms with E-state index >= 15 is 0 Å². The monoisotopic (exact) mass is 1480 g/mol. The number of carbonyl (C=O) groups excluding carboxylic acids is 4. The summed E-state index contributed by atoms with van der Waals surface area (Å²) in [5.74, 6) is 6.43. The number of aromatic nitrogens is 5. The highest BCUT2D eigenvalue weighted by Crippen LogP contribution is 2.40. The van der Waals surface area contributed by atoms with E-state index in [0.717, 1.165) is 67.9 Å². The van der Waals surface area contributed by atoms with Gasteiger partial charge in [-0.05, 0) is 89.4 Å². The number of rotatable bonds is 12. The second-order valence-electron chi connectivity index (χ2n) is 21.5. The number of pyridine rings is 1. The first-order chi connectivity index (χ1) is 51.2. The van der Waals surface area contributed by atoms with Gasteiger partial charge in [0.2, 0.25) is 17.7 Å². The van der Waals surface area contributed by atoms with Gasteiger partial charge in [0.1, 0.15) is 11.5 Å². The molecule has 0 radical (unpaired) electrons. The molecule has 0 unspecified atom stereocenters. The first-order valence-corrected chi connectivity index (χ1v) is 42.7. The fourth-order valence-corrected chi connectivity index (χ4v) is 13.4. The number of β-lactam (4-membered cyclic amide) rings is 2. The van der Waals surface area contributed by atoms with Gasteiger partial charge in [0, 0.05) is 58.5 Å². The molecule has 4 aromatic heterocycles. The van der Waals surface area contributed by atoms with Crippen molar-refractivity contribution in [1.82, 2.24) is 35.6 Å². The third-order valence-electron chi connectivity index (χ3n) is 16.1. The molecule has 6 amide bonds. The fourth-order valence-electron chi connectivity index (χ4n) is 11.4. The van der Waals surface area contributed by atoms with Crippen molar-refractivity contribution in [3.05, 3.63) is 91.6 Å². The molecular formula is C85H149N11O6S2. The SMILES string of the molecule is C1CCC(C2CCCCC2)CC1.C1CCC(C2CCCCC2)CC1.CC.CC.CC.CC.CC.CC.CC.CC.CC.CC.CC.CC.CNC(=O)Nc1ccc(Oc2ccc(-c3cnc(N4CCC4=O)s3)cc2)nc1.CNC(=O)Nc1cnc(Oc2ccc(-c3cnc(N4CCC4=O)s3)cc2)nc1. The largest absolute Gasteiger partial charge is 0.439 e. The molecule has 0 atom stereocenters. The summed E-state index contributed by atoms with van der Waals surface area (Å²) in [6.07, 6.45) is 40.0. The molecule has 19 heteroatoms. The number of nitrogens with zero attached hydrogens (tertiary/aromatic N) is 7. The minimum Gasteiger partial charge on any atom is -0.439 e. The van der Waals surface area contributed by atoms with E-state index in [1.54, 1.807) is 92.7 Å². The second-order valence-corrected chi connectivity index (χ2v) is 23.5. The molecule has 17 nitrogen and oxygen atoms in total. The lowest BCUT2D eigenvalue weighted by Gasteiger charge is -2.32. The Hall–Kier alpha value is -6.99. The molecule has 6 aromatic rings. The Balaban J connectivity index is -0.000000608. The maximum absolute atomic E-state index is 11.5. The molecule has 0 spiro atoms. The molecule has 6 fully saturated rings. The van der Waals surface area contributed by atoms with Crippen molar-refractivity contribution in [2.75, 3.05) is 47.6 Å². The number of amides is 6. The molecule has 4 N–H and O–H groups in total. The van der Waals surface area contributed by atoms with Gasteiger partial charge in [-0.2, -0.15) is 0 Å². The van der Waals surface area contributed by atoms with Gasteiger partial charge in [-0.3, -0.25) is 19.4 Å². The summed E-state index contributed by atoms with van der Waals surface area (Å²) in [6.45, 7) is 49.5. The molecule has 0 bridgehead atoms. The van der Waals surface area contributed by atoms with E-state index in [1.807, 2.05) is 215 Å². The molecule has 4 aliphatic carbocycles. The molecule has 2 aromatic carbocycles. The molecule has 2 saturated heterocycles. The van der Waals surface area contributed by atoms with E-state index in [9.17, 15) is 19.2 Å². The van der Waals surface area contributed by atoms with Crippen LogP contribution in [0, 0.1) is 23.7 Å². The first kappa shape index (κ1) is 103. The predicted octanol–water partition coefficient (Wildman–Crippen LogP) is 27.0. The van der Waals surface area contributed by atoms with Crippen molar-refractivity contribution in [3.8, 4) is 44.3 Å². The topological polar surface area (TPSA) is 206 Å². The maximum Gasteiger partial charge on any atom is 0.322 e. The summed E-state index contributed by atoms with van der Waals surface area (Å²) in [4.78, 5) is 71.9. The lowest BCUT2D eigenvalue weighted by Crippen LogP contribution is -2.43. The third-order valence-corrected chi connectivity index (χ3v) is 18.3. The molecule has 592 valence electrons. The lowest BCUT2D eigenvalue weighted by atomic mass is 9.73. The molecule has 2 aliphatic heterocycles. The Labute approximate surface area is 643 Å². The number of ether oxygens (including phenoxy) is 2. The van der Waals surface area contributed by atoms with Crippen LogP contribution in [0.5, 0.6) is 23.4 Å². The van der Waals surface area contributed by atoms with Crippen LogP contribution in [-0.2, 0) is 9.59 Å². The van der Waals surface area contributed by atoms with Crippen molar-refractivity contribution in [1.29, 1.82) is 0 Å². The van der Waals surface area contributed by atoms with E-state index < -0.39 is 0 Å². The Morgan fingerprint density at radius 1 is 0.365 bits per heavy atom. The van der Waals surface area contributed by atoms with Gasteiger partial charge in [-0.25, -0.2) is 34.5 Å². The number of benzene rings is 2. The Morgan fingerprint density at radius 3 is 0.933 bits per heavy atom. The van der Waals surface area contributed by atoms with Gasteiger partial charge in [0.15, 0.2) is 10.3 Å². The van der Waals surface area contributed by atoms with Crippen LogP contribution in [0.15, 0.2) is 91.6 Å². The lowest BCUT2D eigenvalue weighted by molar-refractivity contribution is -0.122. The second kappa shape index (κ2) is 70.3. The summed E-state index contributed by atoms with van der Waals surface area (Å²) in [5.41, 5.74) is 3.02. The zero-order valence-electron chi connectivity index (χ0n) is 70.3. The normalized spacial score (nSPS) is 14.4. The van der Waals surface area contributed by atoms with Gasteiger partial charge < -0.3 is 30.7 Å². The summed E-state index contributed by atoms with van der Waals surface area (Å²) in [5, 5.41) is 11.6. The molecule has 104 heavy (non-hydrogen) atoms. The zero-order chi connectivity index (χ0) is 79.5. The minimum absolute atomic E-state index is 0.112. The third kappa shape index (κ3) is 39.9. The predicted molar refractivity (Wildman–Crippen MR) is 454 cm³/mol. The van der Waals surface area contributed by atoms with Crippen molar-refractivity contribution < 1.29 is 28.7 Å². The van der Waals surface area contributed by atoms with Crippen LogP contribution >= 0.6 is 22.7 Å². The molecular weight excluding hydrogens is 1340 g/mol. The highest BCUT2D eigenvalue weighted by atomic mass is 32.1. The van der Waals surface area contributed by atoms with Gasteiger partial charge in [0.25, 0.3) is 0 Å². The number of anilines is 4. The molecule has 12 rings (SSSR count). The molecule has 6 heterocycles. The number of urea groups is 2. The number of hydrogen-bond donors (Lipinski definition) is 4.